The molecule has 1 aliphatic rings. The number of rotatable bonds is 3. The molecular formula is C23H18N2. The highest BCUT2D eigenvalue weighted by Gasteiger charge is 2.27. The van der Waals surface area contributed by atoms with Gasteiger partial charge in [-0.25, -0.2) is 9.97 Å². The van der Waals surface area contributed by atoms with E-state index in [-0.39, 0.29) is 0 Å². The first kappa shape index (κ1) is 14.4. The van der Waals surface area contributed by atoms with Gasteiger partial charge >= 0.3 is 0 Å². The van der Waals surface area contributed by atoms with Gasteiger partial charge < -0.3 is 0 Å². The Bertz CT molecular complexity index is 1050. The van der Waals surface area contributed by atoms with Crippen molar-refractivity contribution in [3.63, 3.8) is 0 Å². The summed E-state index contributed by atoms with van der Waals surface area (Å²) < 4.78 is 0. The van der Waals surface area contributed by atoms with Gasteiger partial charge in [-0.3, -0.25) is 0 Å². The number of fused-ring (bicyclic) bond motifs is 1. The summed E-state index contributed by atoms with van der Waals surface area (Å²) in [6, 6.07) is 27.5. The molecule has 120 valence electrons. The fourth-order valence-electron chi connectivity index (χ4n) is 3.32. The minimum absolute atomic E-state index is 0.542. The molecule has 1 saturated carbocycles. The van der Waals surface area contributed by atoms with E-state index in [0.29, 0.717) is 5.92 Å². The molecule has 0 saturated heterocycles. The molecule has 0 amide bonds. The normalized spacial score (nSPS) is 13.9. The molecule has 1 aliphatic carbocycles. The standard InChI is InChI=1S/C23H18N2/c1-2-7-16(8-3-1)18-9-6-10-19(15-18)22-20-11-4-5-12-21(20)24-23(25-22)17-13-14-17/h1-12,15,17H,13-14H2. The van der Waals surface area contributed by atoms with E-state index in [4.69, 9.17) is 9.97 Å². The molecule has 2 nitrogen and oxygen atoms in total. The number of benzene rings is 3. The van der Waals surface area contributed by atoms with Gasteiger partial charge in [0.2, 0.25) is 0 Å². The van der Waals surface area contributed by atoms with Crippen LogP contribution >= 0.6 is 0 Å². The zero-order valence-electron chi connectivity index (χ0n) is 13.9. The summed E-state index contributed by atoms with van der Waals surface area (Å²) in [6.45, 7) is 0. The van der Waals surface area contributed by atoms with E-state index >= 15 is 0 Å². The van der Waals surface area contributed by atoms with Gasteiger partial charge in [-0.15, -0.1) is 0 Å². The second-order valence-electron chi connectivity index (χ2n) is 6.67. The molecule has 1 aromatic heterocycles. The van der Waals surface area contributed by atoms with Crippen LogP contribution in [0.1, 0.15) is 24.6 Å². The van der Waals surface area contributed by atoms with Gasteiger partial charge in [-0.05, 0) is 36.1 Å². The lowest BCUT2D eigenvalue weighted by molar-refractivity contribution is 0.951. The summed E-state index contributed by atoms with van der Waals surface area (Å²) in [4.78, 5) is 9.75. The summed E-state index contributed by atoms with van der Waals surface area (Å²) in [5.41, 5.74) is 5.69. The Morgan fingerprint density at radius 2 is 1.36 bits per heavy atom. The first-order valence-electron chi connectivity index (χ1n) is 8.81. The fraction of sp³-hybridized carbons (Fsp3) is 0.130. The van der Waals surface area contributed by atoms with Gasteiger partial charge in [0.25, 0.3) is 0 Å². The van der Waals surface area contributed by atoms with Crippen LogP contribution in [0, 0.1) is 0 Å². The Hall–Kier alpha value is -3.00. The summed E-state index contributed by atoms with van der Waals surface area (Å²) in [7, 11) is 0. The monoisotopic (exact) mass is 322 g/mol. The van der Waals surface area contributed by atoms with Crippen molar-refractivity contribution in [2.24, 2.45) is 0 Å². The van der Waals surface area contributed by atoms with Gasteiger partial charge in [0.05, 0.1) is 11.2 Å². The van der Waals surface area contributed by atoms with E-state index < -0.39 is 0 Å². The molecule has 0 N–H and O–H groups in total. The van der Waals surface area contributed by atoms with Crippen LogP contribution in [0.2, 0.25) is 0 Å². The second-order valence-corrected chi connectivity index (χ2v) is 6.67. The molecule has 4 aromatic rings. The Labute approximate surface area is 147 Å². The third kappa shape index (κ3) is 2.70. The number of hydrogen-bond donors (Lipinski definition) is 0. The molecule has 5 rings (SSSR count). The molecule has 2 heteroatoms. The van der Waals surface area contributed by atoms with E-state index in [2.05, 4.69) is 72.8 Å². The van der Waals surface area contributed by atoms with Crippen LogP contribution in [-0.2, 0) is 0 Å². The van der Waals surface area contributed by atoms with Gasteiger partial charge in [-0.2, -0.15) is 0 Å². The highest BCUT2D eigenvalue weighted by molar-refractivity contribution is 5.93. The molecule has 0 unspecified atom stereocenters. The van der Waals surface area contributed by atoms with Crippen LogP contribution in [0.25, 0.3) is 33.3 Å². The molecular weight excluding hydrogens is 304 g/mol. The summed E-state index contributed by atoms with van der Waals surface area (Å²) in [5, 5.41) is 1.12. The second kappa shape index (κ2) is 5.82. The predicted octanol–water partition coefficient (Wildman–Crippen LogP) is 5.84. The van der Waals surface area contributed by atoms with Gasteiger partial charge in [0.1, 0.15) is 5.82 Å². The lowest BCUT2D eigenvalue weighted by Crippen LogP contribution is -1.97. The topological polar surface area (TPSA) is 25.8 Å². The van der Waals surface area contributed by atoms with E-state index in [9.17, 15) is 0 Å². The van der Waals surface area contributed by atoms with Crippen LogP contribution in [0.15, 0.2) is 78.9 Å². The molecule has 1 heterocycles. The van der Waals surface area contributed by atoms with Crippen LogP contribution in [0.4, 0.5) is 0 Å². The van der Waals surface area contributed by atoms with E-state index in [1.807, 2.05) is 6.07 Å². The minimum atomic E-state index is 0.542. The van der Waals surface area contributed by atoms with Crippen molar-refractivity contribution in [1.82, 2.24) is 9.97 Å². The molecule has 1 fully saturated rings. The Balaban J connectivity index is 1.70. The fourth-order valence-corrected chi connectivity index (χ4v) is 3.32. The van der Waals surface area contributed by atoms with Crippen molar-refractivity contribution in [2.75, 3.05) is 0 Å². The molecule has 25 heavy (non-hydrogen) atoms. The Kier molecular flexibility index (Phi) is 3.34. The summed E-state index contributed by atoms with van der Waals surface area (Å²) in [5.74, 6) is 1.54. The molecule has 0 aliphatic heterocycles. The van der Waals surface area contributed by atoms with Crippen molar-refractivity contribution in [3.05, 3.63) is 84.7 Å². The highest BCUT2D eigenvalue weighted by atomic mass is 14.9. The maximum Gasteiger partial charge on any atom is 0.132 e. The average molecular weight is 322 g/mol. The smallest absolute Gasteiger partial charge is 0.132 e. The lowest BCUT2D eigenvalue weighted by atomic mass is 10.00. The average Bonchev–Trinajstić information content (AvgIpc) is 3.53. The van der Waals surface area contributed by atoms with Crippen molar-refractivity contribution in [2.45, 2.75) is 18.8 Å². The highest BCUT2D eigenvalue weighted by Crippen LogP contribution is 2.40. The van der Waals surface area contributed by atoms with Crippen LogP contribution in [0.5, 0.6) is 0 Å². The number of aromatic nitrogens is 2. The number of para-hydroxylation sites is 1. The minimum Gasteiger partial charge on any atom is -0.233 e. The zero-order valence-corrected chi connectivity index (χ0v) is 13.9. The number of hydrogen-bond acceptors (Lipinski definition) is 2. The molecule has 0 bridgehead atoms. The Morgan fingerprint density at radius 3 is 2.20 bits per heavy atom. The maximum absolute atomic E-state index is 4.96. The lowest BCUT2D eigenvalue weighted by Gasteiger charge is -2.10. The van der Waals surface area contributed by atoms with Crippen molar-refractivity contribution < 1.29 is 0 Å². The summed E-state index contributed by atoms with van der Waals surface area (Å²) in [6.07, 6.45) is 2.42. The van der Waals surface area contributed by atoms with E-state index in [1.54, 1.807) is 0 Å². The van der Waals surface area contributed by atoms with Gasteiger partial charge in [0.15, 0.2) is 0 Å². The van der Waals surface area contributed by atoms with Gasteiger partial charge in [-0.1, -0.05) is 66.7 Å². The van der Waals surface area contributed by atoms with Crippen LogP contribution in [0.3, 0.4) is 0 Å². The van der Waals surface area contributed by atoms with Crippen molar-refractivity contribution in [1.29, 1.82) is 0 Å². The van der Waals surface area contributed by atoms with E-state index in [1.165, 1.54) is 24.0 Å². The molecule has 0 atom stereocenters. The summed E-state index contributed by atoms with van der Waals surface area (Å²) >= 11 is 0. The van der Waals surface area contributed by atoms with Crippen molar-refractivity contribution in [3.8, 4) is 22.4 Å². The number of nitrogens with zero attached hydrogens (tertiary/aromatic N) is 2. The van der Waals surface area contributed by atoms with Gasteiger partial charge in [0, 0.05) is 16.9 Å². The first-order valence-corrected chi connectivity index (χ1v) is 8.81. The molecule has 0 radical (unpaired) electrons. The quantitative estimate of drug-likeness (QED) is 0.473. The molecule has 0 spiro atoms. The molecule has 3 aromatic carbocycles. The van der Waals surface area contributed by atoms with E-state index in [0.717, 1.165) is 28.0 Å². The third-order valence-corrected chi connectivity index (χ3v) is 4.81. The largest absolute Gasteiger partial charge is 0.233 e. The predicted molar refractivity (Wildman–Crippen MR) is 102 cm³/mol. The maximum atomic E-state index is 4.96. The van der Waals surface area contributed by atoms with Crippen LogP contribution in [-0.4, -0.2) is 9.97 Å². The SMILES string of the molecule is c1ccc(-c2cccc(-c3nc(C4CC4)nc4ccccc34)c2)cc1. The third-order valence-electron chi connectivity index (χ3n) is 4.81. The Morgan fingerprint density at radius 1 is 0.640 bits per heavy atom. The van der Waals surface area contributed by atoms with Crippen molar-refractivity contribution >= 4 is 10.9 Å². The van der Waals surface area contributed by atoms with Crippen LogP contribution < -0.4 is 0 Å². The first-order chi connectivity index (χ1) is 12.4. The zero-order chi connectivity index (χ0) is 16.6.